The van der Waals surface area contributed by atoms with Crippen LogP contribution >= 0.6 is 0 Å². The van der Waals surface area contributed by atoms with Crippen LogP contribution in [0.2, 0.25) is 0 Å². The van der Waals surface area contributed by atoms with Gasteiger partial charge in [0.15, 0.2) is 5.78 Å². The van der Waals surface area contributed by atoms with E-state index in [0.717, 1.165) is 29.9 Å². The number of rotatable bonds is 6. The van der Waals surface area contributed by atoms with E-state index in [4.69, 9.17) is 9.47 Å². The van der Waals surface area contributed by atoms with Gasteiger partial charge in [0.25, 0.3) is 0 Å². The van der Waals surface area contributed by atoms with Gasteiger partial charge in [-0.1, -0.05) is 33.8 Å². The number of aliphatic hydroxyl groups is 1. The Morgan fingerprint density at radius 3 is 2.58 bits per heavy atom. The van der Waals surface area contributed by atoms with Crippen LogP contribution in [0.25, 0.3) is 0 Å². The molecule has 4 rings (SSSR count). The number of pyridine rings is 2. The van der Waals surface area contributed by atoms with E-state index in [2.05, 4.69) is 37.7 Å². The third-order valence-electron chi connectivity index (χ3n) is 6.64. The second kappa shape index (κ2) is 10.2. The molecule has 0 spiro atoms. The van der Waals surface area contributed by atoms with Gasteiger partial charge < -0.3 is 19.5 Å². The van der Waals surface area contributed by atoms with E-state index in [1.54, 1.807) is 0 Å². The number of hydrogen-bond donors (Lipinski definition) is 1. The van der Waals surface area contributed by atoms with Crippen LogP contribution in [0.1, 0.15) is 63.8 Å². The molecule has 1 saturated carbocycles. The van der Waals surface area contributed by atoms with Crippen molar-refractivity contribution in [2.24, 2.45) is 5.92 Å². The minimum atomic E-state index is -0.684. The Morgan fingerprint density at radius 1 is 1.09 bits per heavy atom. The highest BCUT2D eigenvalue weighted by molar-refractivity contribution is 5.85. The van der Waals surface area contributed by atoms with Crippen LogP contribution in [0.3, 0.4) is 0 Å². The van der Waals surface area contributed by atoms with Crippen molar-refractivity contribution in [1.82, 2.24) is 9.97 Å². The summed E-state index contributed by atoms with van der Waals surface area (Å²) in [6.45, 7) is 9.28. The molecule has 33 heavy (non-hydrogen) atoms. The molecule has 0 bridgehead atoms. The molecule has 3 heterocycles. The van der Waals surface area contributed by atoms with Gasteiger partial charge in [-0.2, -0.15) is 0 Å². The molecule has 7 nitrogen and oxygen atoms in total. The molecule has 4 atom stereocenters. The van der Waals surface area contributed by atoms with Crippen molar-refractivity contribution in [1.29, 1.82) is 0 Å². The van der Waals surface area contributed by atoms with E-state index in [-0.39, 0.29) is 37.1 Å². The summed E-state index contributed by atoms with van der Waals surface area (Å²) in [5.41, 5.74) is 2.89. The maximum absolute atomic E-state index is 12.4. The topological polar surface area (TPSA) is 84.8 Å². The monoisotopic (exact) mass is 453 g/mol. The summed E-state index contributed by atoms with van der Waals surface area (Å²) < 4.78 is 12.1. The number of ether oxygens (including phenoxy) is 2. The van der Waals surface area contributed by atoms with Crippen molar-refractivity contribution in [3.05, 3.63) is 47.9 Å². The van der Waals surface area contributed by atoms with Gasteiger partial charge in [-0.15, -0.1) is 0 Å². The fraction of sp³-hybridized carbons (Fsp3) is 0.577. The van der Waals surface area contributed by atoms with Gasteiger partial charge in [0, 0.05) is 29.9 Å². The van der Waals surface area contributed by atoms with Crippen LogP contribution < -0.4 is 9.64 Å². The zero-order chi connectivity index (χ0) is 23.5. The van der Waals surface area contributed by atoms with Gasteiger partial charge in [0.05, 0.1) is 30.6 Å². The van der Waals surface area contributed by atoms with Crippen LogP contribution in [0, 0.1) is 5.92 Å². The van der Waals surface area contributed by atoms with E-state index in [0.29, 0.717) is 24.3 Å². The van der Waals surface area contributed by atoms with Gasteiger partial charge in [-0.3, -0.25) is 9.78 Å². The van der Waals surface area contributed by atoms with E-state index in [1.165, 1.54) is 0 Å². The number of hydrogen-bond acceptors (Lipinski definition) is 7. The molecule has 1 aliphatic heterocycles. The molecule has 0 amide bonds. The first-order valence-corrected chi connectivity index (χ1v) is 12.0. The summed E-state index contributed by atoms with van der Waals surface area (Å²) in [5.74, 6) is 1.12. The fourth-order valence-electron chi connectivity index (χ4n) is 4.66. The first-order valence-electron chi connectivity index (χ1n) is 12.0. The van der Waals surface area contributed by atoms with Gasteiger partial charge in [-0.25, -0.2) is 4.98 Å². The summed E-state index contributed by atoms with van der Waals surface area (Å²) in [4.78, 5) is 23.5. The number of anilines is 1. The average molecular weight is 454 g/mol. The summed E-state index contributed by atoms with van der Waals surface area (Å²) in [5, 5.41) is 11.1. The number of Topliss-reactive ketones (excluding diaryl/α,β-unsaturated/α-hetero) is 1. The first-order chi connectivity index (χ1) is 15.8. The molecule has 178 valence electrons. The molecule has 2 aliphatic rings. The number of carbonyl (C=O) groups is 1. The highest BCUT2D eigenvalue weighted by Crippen LogP contribution is 2.34. The lowest BCUT2D eigenvalue weighted by Gasteiger charge is -2.30. The molecule has 1 saturated heterocycles. The molecule has 7 heteroatoms. The third kappa shape index (κ3) is 5.53. The molecule has 1 aliphatic carbocycles. The molecule has 0 radical (unpaired) electrons. The summed E-state index contributed by atoms with van der Waals surface area (Å²) in [6.07, 6.45) is 2.03. The molecule has 2 aromatic rings. The number of aromatic nitrogens is 2. The molecular formula is C26H35N3O4. The Balaban J connectivity index is 1.45. The highest BCUT2D eigenvalue weighted by atomic mass is 16.5. The Morgan fingerprint density at radius 2 is 1.88 bits per heavy atom. The predicted molar refractivity (Wildman–Crippen MR) is 127 cm³/mol. The van der Waals surface area contributed by atoms with Crippen LogP contribution in [0.4, 0.5) is 5.69 Å². The van der Waals surface area contributed by atoms with E-state index in [9.17, 15) is 9.90 Å². The molecule has 1 N–H and O–H groups in total. The lowest BCUT2D eigenvalue weighted by Crippen LogP contribution is -2.42. The lowest BCUT2D eigenvalue weighted by molar-refractivity contribution is -0.124. The maximum Gasteiger partial charge on any atom is 0.213 e. The Bertz CT molecular complexity index is 947. The van der Waals surface area contributed by atoms with Gasteiger partial charge in [-0.05, 0) is 42.9 Å². The van der Waals surface area contributed by atoms with E-state index < -0.39 is 6.10 Å². The van der Waals surface area contributed by atoms with Crippen molar-refractivity contribution in [2.75, 3.05) is 24.6 Å². The predicted octanol–water partition coefficient (Wildman–Crippen LogP) is 3.72. The second-order valence-electron chi connectivity index (χ2n) is 9.81. The van der Waals surface area contributed by atoms with Gasteiger partial charge in [0.2, 0.25) is 5.88 Å². The summed E-state index contributed by atoms with van der Waals surface area (Å²) >= 11 is 0. The van der Waals surface area contributed by atoms with E-state index >= 15 is 0 Å². The molecule has 0 aromatic carbocycles. The first kappa shape index (κ1) is 23.6. The molecule has 2 fully saturated rings. The Hall–Kier alpha value is -2.51. The Kier molecular flexibility index (Phi) is 7.29. The summed E-state index contributed by atoms with van der Waals surface area (Å²) in [7, 11) is 0. The van der Waals surface area contributed by atoms with Crippen molar-refractivity contribution >= 4 is 11.5 Å². The summed E-state index contributed by atoms with van der Waals surface area (Å²) in [6, 6.07) is 9.79. The third-order valence-corrected chi connectivity index (χ3v) is 6.64. The van der Waals surface area contributed by atoms with Gasteiger partial charge >= 0.3 is 0 Å². The molecular weight excluding hydrogens is 418 g/mol. The fourth-order valence-corrected chi connectivity index (χ4v) is 4.66. The standard InChI is InChI=1S/C26H35N3O4/c1-16(2)21-10-8-18(12-27-21)29-13-19(30)15-32-24(14-29)20-9-11-23(26(20)31)33-25-7-5-6-22(28-25)17(3)4/h5-8,10,12,16-17,20,23-24,26,31H,9,11,13-15H2,1-4H3/t20?,23-,24?,26-/m0/s1. The SMILES string of the molecule is CC(C)c1ccc(N2CC(=O)COC(C3CC[C@H](Oc4cccc(C(C)C)n4)[C@H]3O)C2)cn1. The largest absolute Gasteiger partial charge is 0.472 e. The average Bonchev–Trinajstić information content (AvgIpc) is 3.03. The minimum absolute atomic E-state index is 0.0282. The zero-order valence-electron chi connectivity index (χ0n) is 20.0. The minimum Gasteiger partial charge on any atom is -0.472 e. The van der Waals surface area contributed by atoms with Crippen molar-refractivity contribution in [3.8, 4) is 5.88 Å². The zero-order valence-corrected chi connectivity index (χ0v) is 20.0. The van der Waals surface area contributed by atoms with Crippen LogP contribution in [0.15, 0.2) is 36.5 Å². The quantitative estimate of drug-likeness (QED) is 0.714. The lowest BCUT2D eigenvalue weighted by atomic mass is 9.97. The van der Waals surface area contributed by atoms with Crippen LogP contribution in [0.5, 0.6) is 5.88 Å². The number of carbonyl (C=O) groups excluding carboxylic acids is 1. The second-order valence-corrected chi connectivity index (χ2v) is 9.81. The molecule has 2 unspecified atom stereocenters. The van der Waals surface area contributed by atoms with Crippen LogP contribution in [-0.2, 0) is 9.53 Å². The highest BCUT2D eigenvalue weighted by Gasteiger charge is 2.43. The van der Waals surface area contributed by atoms with Crippen LogP contribution in [-0.4, -0.2) is 58.9 Å². The van der Waals surface area contributed by atoms with Crippen molar-refractivity contribution in [2.45, 2.75) is 70.7 Å². The maximum atomic E-state index is 12.4. The van der Waals surface area contributed by atoms with Gasteiger partial charge in [0.1, 0.15) is 12.7 Å². The number of ketones is 1. The smallest absolute Gasteiger partial charge is 0.213 e. The Labute approximate surface area is 196 Å². The normalized spacial score (nSPS) is 26.2. The van der Waals surface area contributed by atoms with Crippen molar-refractivity contribution in [3.63, 3.8) is 0 Å². The molecule has 2 aromatic heterocycles. The van der Waals surface area contributed by atoms with E-state index in [1.807, 2.05) is 41.4 Å². The number of nitrogens with zero attached hydrogens (tertiary/aromatic N) is 3. The van der Waals surface area contributed by atoms with Crippen molar-refractivity contribution < 1.29 is 19.4 Å². The number of aliphatic hydroxyl groups excluding tert-OH is 1.